The zero-order valence-electron chi connectivity index (χ0n) is 8.96. The van der Waals surface area contributed by atoms with Crippen molar-refractivity contribution in [2.75, 3.05) is 12.8 Å². The average molecular weight is 219 g/mol. The van der Waals surface area contributed by atoms with Gasteiger partial charge in [-0.3, -0.25) is 0 Å². The molecule has 0 saturated heterocycles. The van der Waals surface area contributed by atoms with Crippen LogP contribution in [0.5, 0.6) is 0 Å². The van der Waals surface area contributed by atoms with E-state index in [1.807, 2.05) is 0 Å². The Bertz CT molecular complexity index is 243. The van der Waals surface area contributed by atoms with Crippen LogP contribution in [0.25, 0.3) is 0 Å². The maximum absolute atomic E-state index is 11.1. The number of nitrogens with one attached hydrogen (secondary N) is 1. The van der Waals surface area contributed by atoms with Crippen LogP contribution in [-0.4, -0.2) is 21.2 Å². The van der Waals surface area contributed by atoms with Gasteiger partial charge in [-0.25, -0.2) is 13.1 Å². The van der Waals surface area contributed by atoms with Crippen molar-refractivity contribution < 1.29 is 8.42 Å². The molecule has 3 nitrogen and oxygen atoms in total. The fourth-order valence-electron chi connectivity index (χ4n) is 2.14. The first kappa shape index (κ1) is 12.0. The van der Waals surface area contributed by atoms with E-state index in [2.05, 4.69) is 4.72 Å². The van der Waals surface area contributed by atoms with Crippen molar-refractivity contribution in [3.8, 4) is 0 Å². The second kappa shape index (κ2) is 5.71. The quantitative estimate of drug-likeness (QED) is 0.767. The lowest BCUT2D eigenvalue weighted by atomic mass is 9.86. The van der Waals surface area contributed by atoms with Gasteiger partial charge in [0, 0.05) is 0 Å². The minimum Gasteiger partial charge on any atom is -0.218 e. The molecule has 0 atom stereocenters. The van der Waals surface area contributed by atoms with Crippen LogP contribution >= 0.6 is 0 Å². The molecule has 0 unspecified atom stereocenters. The summed E-state index contributed by atoms with van der Waals surface area (Å²) in [5, 5.41) is 0. The van der Waals surface area contributed by atoms with Crippen molar-refractivity contribution in [1.82, 2.24) is 4.72 Å². The summed E-state index contributed by atoms with van der Waals surface area (Å²) in [6.07, 6.45) is 8.55. The summed E-state index contributed by atoms with van der Waals surface area (Å²) in [5.74, 6) is 1.08. The Hall–Kier alpha value is -0.0900. The Balaban J connectivity index is 2.14. The highest BCUT2D eigenvalue weighted by Gasteiger charge is 2.14. The molecule has 0 heterocycles. The van der Waals surface area contributed by atoms with Crippen LogP contribution in [-0.2, 0) is 10.0 Å². The van der Waals surface area contributed by atoms with Gasteiger partial charge >= 0.3 is 0 Å². The van der Waals surface area contributed by atoms with Gasteiger partial charge in [0.15, 0.2) is 0 Å². The zero-order chi connectivity index (χ0) is 10.4. The highest BCUT2D eigenvalue weighted by molar-refractivity contribution is 7.89. The zero-order valence-corrected chi connectivity index (χ0v) is 9.78. The first-order valence-electron chi connectivity index (χ1n) is 5.55. The van der Waals surface area contributed by atoms with Gasteiger partial charge in [-0.1, -0.05) is 32.1 Å². The molecule has 0 radical (unpaired) electrons. The molecule has 0 aromatic rings. The van der Waals surface area contributed by atoms with E-state index < -0.39 is 10.0 Å². The summed E-state index contributed by atoms with van der Waals surface area (Å²) in [6.45, 7) is 0. The third-order valence-electron chi connectivity index (χ3n) is 3.06. The highest BCUT2D eigenvalue weighted by atomic mass is 32.2. The van der Waals surface area contributed by atoms with Gasteiger partial charge in [-0.05, 0) is 25.8 Å². The topological polar surface area (TPSA) is 46.2 Å². The van der Waals surface area contributed by atoms with Crippen LogP contribution in [0.15, 0.2) is 0 Å². The maximum Gasteiger partial charge on any atom is 0.211 e. The summed E-state index contributed by atoms with van der Waals surface area (Å²) in [5.41, 5.74) is 0. The van der Waals surface area contributed by atoms with Crippen molar-refractivity contribution in [2.24, 2.45) is 5.92 Å². The van der Waals surface area contributed by atoms with Crippen molar-refractivity contribution in [2.45, 2.75) is 44.9 Å². The molecule has 0 spiro atoms. The molecule has 1 aliphatic rings. The maximum atomic E-state index is 11.1. The molecular weight excluding hydrogens is 198 g/mol. The number of hydrogen-bond acceptors (Lipinski definition) is 2. The Labute approximate surface area is 87.3 Å². The SMILES string of the molecule is CNS(=O)(=O)CCCC1CCCCC1. The summed E-state index contributed by atoms with van der Waals surface area (Å²) >= 11 is 0. The molecule has 1 aliphatic carbocycles. The summed E-state index contributed by atoms with van der Waals surface area (Å²) < 4.78 is 24.6. The predicted molar refractivity (Wildman–Crippen MR) is 58.7 cm³/mol. The normalized spacial score (nSPS) is 19.8. The molecule has 1 saturated carbocycles. The van der Waals surface area contributed by atoms with Gasteiger partial charge in [-0.2, -0.15) is 0 Å². The Morgan fingerprint density at radius 2 is 1.86 bits per heavy atom. The van der Waals surface area contributed by atoms with E-state index in [0.29, 0.717) is 5.75 Å². The molecule has 4 heteroatoms. The summed E-state index contributed by atoms with van der Waals surface area (Å²) in [6, 6.07) is 0. The summed E-state index contributed by atoms with van der Waals surface area (Å²) in [7, 11) is -1.49. The smallest absolute Gasteiger partial charge is 0.211 e. The molecule has 0 aliphatic heterocycles. The molecule has 0 aromatic carbocycles. The van der Waals surface area contributed by atoms with Gasteiger partial charge < -0.3 is 0 Å². The Morgan fingerprint density at radius 3 is 2.43 bits per heavy atom. The molecule has 1 N–H and O–H groups in total. The molecule has 0 aromatic heterocycles. The van der Waals surface area contributed by atoms with E-state index in [-0.39, 0.29) is 0 Å². The van der Waals surface area contributed by atoms with Crippen LogP contribution < -0.4 is 4.72 Å². The van der Waals surface area contributed by atoms with Gasteiger partial charge in [-0.15, -0.1) is 0 Å². The van der Waals surface area contributed by atoms with E-state index in [0.717, 1.165) is 18.8 Å². The van der Waals surface area contributed by atoms with Crippen molar-refractivity contribution in [3.63, 3.8) is 0 Å². The fraction of sp³-hybridized carbons (Fsp3) is 1.00. The predicted octanol–water partition coefficient (Wildman–Crippen LogP) is 1.90. The first-order valence-corrected chi connectivity index (χ1v) is 7.20. The van der Waals surface area contributed by atoms with Crippen LogP contribution in [0.1, 0.15) is 44.9 Å². The van der Waals surface area contributed by atoms with Gasteiger partial charge in [0.05, 0.1) is 5.75 Å². The van der Waals surface area contributed by atoms with Crippen LogP contribution in [0.2, 0.25) is 0 Å². The lowest BCUT2D eigenvalue weighted by Crippen LogP contribution is -2.22. The minimum atomic E-state index is -2.97. The standard InChI is InChI=1S/C10H21NO2S/c1-11-14(12,13)9-5-8-10-6-3-2-4-7-10/h10-11H,2-9H2,1H3. The lowest BCUT2D eigenvalue weighted by Gasteiger charge is -2.21. The molecule has 84 valence electrons. The molecular formula is C10H21NO2S. The largest absolute Gasteiger partial charge is 0.218 e. The highest BCUT2D eigenvalue weighted by Crippen LogP contribution is 2.27. The first-order chi connectivity index (χ1) is 6.64. The second-order valence-electron chi connectivity index (χ2n) is 4.17. The molecule has 14 heavy (non-hydrogen) atoms. The number of rotatable bonds is 5. The van der Waals surface area contributed by atoms with E-state index in [4.69, 9.17) is 0 Å². The molecule has 0 bridgehead atoms. The van der Waals surface area contributed by atoms with Gasteiger partial charge in [0.1, 0.15) is 0 Å². The Kier molecular flexibility index (Phi) is 4.89. The second-order valence-corrected chi connectivity index (χ2v) is 6.22. The van der Waals surface area contributed by atoms with E-state index >= 15 is 0 Å². The number of hydrogen-bond donors (Lipinski definition) is 1. The molecule has 1 fully saturated rings. The molecule has 1 rings (SSSR count). The third-order valence-corrected chi connectivity index (χ3v) is 4.51. The van der Waals surface area contributed by atoms with Crippen molar-refractivity contribution >= 4 is 10.0 Å². The van der Waals surface area contributed by atoms with Crippen LogP contribution in [0.3, 0.4) is 0 Å². The van der Waals surface area contributed by atoms with Crippen LogP contribution in [0, 0.1) is 5.92 Å². The average Bonchev–Trinajstić information content (AvgIpc) is 2.19. The van der Waals surface area contributed by atoms with Crippen LogP contribution in [0.4, 0.5) is 0 Å². The van der Waals surface area contributed by atoms with Gasteiger partial charge in [0.25, 0.3) is 0 Å². The van der Waals surface area contributed by atoms with Gasteiger partial charge in [0.2, 0.25) is 10.0 Å². The Morgan fingerprint density at radius 1 is 1.21 bits per heavy atom. The van der Waals surface area contributed by atoms with E-state index in [9.17, 15) is 8.42 Å². The monoisotopic (exact) mass is 219 g/mol. The lowest BCUT2D eigenvalue weighted by molar-refractivity contribution is 0.336. The van der Waals surface area contributed by atoms with E-state index in [1.165, 1.54) is 39.2 Å². The van der Waals surface area contributed by atoms with E-state index in [1.54, 1.807) is 0 Å². The molecule has 0 amide bonds. The summed E-state index contributed by atoms with van der Waals surface area (Å²) in [4.78, 5) is 0. The van der Waals surface area contributed by atoms with Crippen molar-refractivity contribution in [1.29, 1.82) is 0 Å². The third kappa shape index (κ3) is 4.42. The minimum absolute atomic E-state index is 0.292. The van der Waals surface area contributed by atoms with Crippen molar-refractivity contribution in [3.05, 3.63) is 0 Å². The fourth-order valence-corrected chi connectivity index (χ4v) is 2.89. The number of sulfonamides is 1.